The van der Waals surface area contributed by atoms with Gasteiger partial charge >= 0.3 is 0 Å². The monoisotopic (exact) mass is 316 g/mol. The van der Waals surface area contributed by atoms with E-state index >= 15 is 0 Å². The van der Waals surface area contributed by atoms with Gasteiger partial charge in [0.1, 0.15) is 5.01 Å². The van der Waals surface area contributed by atoms with Crippen LogP contribution in [0.15, 0.2) is 35.7 Å². The van der Waals surface area contributed by atoms with E-state index in [9.17, 15) is 9.90 Å². The summed E-state index contributed by atoms with van der Waals surface area (Å²) >= 11 is 1.57. The van der Waals surface area contributed by atoms with Crippen LogP contribution in [0.1, 0.15) is 25.0 Å². The Morgan fingerprint density at radius 2 is 2.09 bits per heavy atom. The lowest BCUT2D eigenvalue weighted by Crippen LogP contribution is -2.33. The Morgan fingerprint density at radius 3 is 2.91 bits per heavy atom. The van der Waals surface area contributed by atoms with Crippen LogP contribution in [0.2, 0.25) is 0 Å². The maximum absolute atomic E-state index is 12.4. The van der Waals surface area contributed by atoms with Crippen LogP contribution in [-0.2, 0) is 11.2 Å². The SMILES string of the molecule is O=C(Cc1csc(-c2ccccc2)n1)N1CCCC(O)CC1. The molecule has 1 aliphatic heterocycles. The van der Waals surface area contributed by atoms with Crippen LogP contribution in [-0.4, -0.2) is 40.1 Å². The van der Waals surface area contributed by atoms with Crippen LogP contribution in [0.5, 0.6) is 0 Å². The number of benzene rings is 1. The van der Waals surface area contributed by atoms with Gasteiger partial charge < -0.3 is 10.0 Å². The van der Waals surface area contributed by atoms with Gasteiger partial charge in [-0.2, -0.15) is 0 Å². The number of aromatic nitrogens is 1. The zero-order valence-corrected chi connectivity index (χ0v) is 13.3. The largest absolute Gasteiger partial charge is 0.393 e. The number of aliphatic hydroxyl groups is 1. The minimum absolute atomic E-state index is 0.110. The second kappa shape index (κ2) is 7.03. The Bertz CT molecular complexity index is 627. The van der Waals surface area contributed by atoms with Crippen molar-refractivity contribution in [1.29, 1.82) is 0 Å². The average Bonchev–Trinajstić information content (AvgIpc) is 2.88. The molecule has 0 radical (unpaired) electrons. The first kappa shape index (κ1) is 15.2. The first-order valence-corrected chi connectivity index (χ1v) is 8.56. The summed E-state index contributed by atoms with van der Waals surface area (Å²) in [6, 6.07) is 10.0. The second-order valence-corrected chi connectivity index (χ2v) is 6.51. The standard InChI is InChI=1S/C17H20N2O2S/c20-15-7-4-9-19(10-8-15)16(21)11-14-12-22-17(18-14)13-5-2-1-3-6-13/h1-3,5-6,12,15,20H,4,7-11H2. The van der Waals surface area contributed by atoms with Crippen molar-refractivity contribution in [1.82, 2.24) is 9.88 Å². The number of aliphatic hydroxyl groups excluding tert-OH is 1. The Kier molecular flexibility index (Phi) is 4.85. The minimum atomic E-state index is -0.262. The molecular formula is C17H20N2O2S. The smallest absolute Gasteiger partial charge is 0.228 e. The quantitative estimate of drug-likeness (QED) is 0.947. The maximum Gasteiger partial charge on any atom is 0.228 e. The van der Waals surface area contributed by atoms with E-state index in [1.807, 2.05) is 40.6 Å². The molecule has 2 heterocycles. The van der Waals surface area contributed by atoms with Crippen molar-refractivity contribution in [3.8, 4) is 10.6 Å². The summed E-state index contributed by atoms with van der Waals surface area (Å²) in [5, 5.41) is 12.6. The molecule has 1 unspecified atom stereocenters. The van der Waals surface area contributed by atoms with Crippen molar-refractivity contribution in [3.05, 3.63) is 41.4 Å². The van der Waals surface area contributed by atoms with Gasteiger partial charge in [0.25, 0.3) is 0 Å². The molecule has 4 nitrogen and oxygen atoms in total. The summed E-state index contributed by atoms with van der Waals surface area (Å²) in [7, 11) is 0. The first-order chi connectivity index (χ1) is 10.7. The van der Waals surface area contributed by atoms with Gasteiger partial charge in [0.2, 0.25) is 5.91 Å². The van der Waals surface area contributed by atoms with Gasteiger partial charge in [0.05, 0.1) is 18.2 Å². The summed E-state index contributed by atoms with van der Waals surface area (Å²) in [6.45, 7) is 1.39. The van der Waals surface area contributed by atoms with Crippen LogP contribution < -0.4 is 0 Å². The van der Waals surface area contributed by atoms with E-state index in [2.05, 4.69) is 4.98 Å². The summed E-state index contributed by atoms with van der Waals surface area (Å²) < 4.78 is 0. The molecular weight excluding hydrogens is 296 g/mol. The number of nitrogens with zero attached hydrogens (tertiary/aromatic N) is 2. The summed E-state index contributed by atoms with van der Waals surface area (Å²) in [4.78, 5) is 18.8. The highest BCUT2D eigenvalue weighted by molar-refractivity contribution is 7.13. The van der Waals surface area contributed by atoms with E-state index < -0.39 is 0 Å². The summed E-state index contributed by atoms with van der Waals surface area (Å²) in [6.07, 6.45) is 2.43. The van der Waals surface area contributed by atoms with E-state index in [1.54, 1.807) is 11.3 Å². The van der Waals surface area contributed by atoms with Gasteiger partial charge in [-0.15, -0.1) is 11.3 Å². The highest BCUT2D eigenvalue weighted by atomic mass is 32.1. The Labute approximate surface area is 134 Å². The van der Waals surface area contributed by atoms with Gasteiger partial charge in [-0.1, -0.05) is 30.3 Å². The number of thiazole rings is 1. The Hall–Kier alpha value is -1.72. The zero-order chi connectivity index (χ0) is 15.4. The molecule has 2 aromatic rings. The van der Waals surface area contributed by atoms with Crippen LogP contribution >= 0.6 is 11.3 Å². The molecule has 0 aliphatic carbocycles. The number of carbonyl (C=O) groups is 1. The molecule has 1 amide bonds. The normalized spacial score (nSPS) is 19.0. The fraction of sp³-hybridized carbons (Fsp3) is 0.412. The van der Waals surface area contributed by atoms with Gasteiger partial charge in [-0.3, -0.25) is 4.79 Å². The molecule has 1 aromatic heterocycles. The molecule has 1 aliphatic rings. The lowest BCUT2D eigenvalue weighted by Gasteiger charge is -2.19. The molecule has 5 heteroatoms. The van der Waals surface area contributed by atoms with Gasteiger partial charge in [-0.05, 0) is 19.3 Å². The molecule has 1 saturated heterocycles. The maximum atomic E-state index is 12.4. The van der Waals surface area contributed by atoms with Crippen LogP contribution in [0.25, 0.3) is 10.6 Å². The molecule has 1 atom stereocenters. The predicted octanol–water partition coefficient (Wildman–Crippen LogP) is 2.73. The van der Waals surface area contributed by atoms with E-state index in [0.717, 1.165) is 35.7 Å². The molecule has 3 rings (SSSR count). The number of hydrogen-bond donors (Lipinski definition) is 1. The Morgan fingerprint density at radius 1 is 1.27 bits per heavy atom. The minimum Gasteiger partial charge on any atom is -0.393 e. The number of hydrogen-bond acceptors (Lipinski definition) is 4. The van der Waals surface area contributed by atoms with Gasteiger partial charge in [0, 0.05) is 24.0 Å². The third-order valence-electron chi connectivity index (χ3n) is 3.96. The number of amides is 1. The lowest BCUT2D eigenvalue weighted by molar-refractivity contribution is -0.130. The van der Waals surface area contributed by atoms with Gasteiger partial charge in [-0.25, -0.2) is 4.98 Å². The predicted molar refractivity (Wildman–Crippen MR) is 87.7 cm³/mol. The third-order valence-corrected chi connectivity index (χ3v) is 4.90. The number of carbonyl (C=O) groups excluding carboxylic acids is 1. The summed E-state index contributed by atoms with van der Waals surface area (Å²) in [5.74, 6) is 0.110. The molecule has 0 bridgehead atoms. The highest BCUT2D eigenvalue weighted by Crippen LogP contribution is 2.23. The first-order valence-electron chi connectivity index (χ1n) is 7.68. The molecule has 0 saturated carbocycles. The molecule has 1 aromatic carbocycles. The number of likely N-dealkylation sites (tertiary alicyclic amines) is 1. The zero-order valence-electron chi connectivity index (χ0n) is 12.4. The van der Waals surface area contributed by atoms with Crippen molar-refractivity contribution in [3.63, 3.8) is 0 Å². The third kappa shape index (κ3) is 3.72. The van der Waals surface area contributed by atoms with E-state index in [0.29, 0.717) is 19.4 Å². The van der Waals surface area contributed by atoms with Crippen molar-refractivity contribution in [2.24, 2.45) is 0 Å². The molecule has 1 N–H and O–H groups in total. The van der Waals surface area contributed by atoms with Crippen LogP contribution in [0, 0.1) is 0 Å². The van der Waals surface area contributed by atoms with E-state index in [-0.39, 0.29) is 12.0 Å². The highest BCUT2D eigenvalue weighted by Gasteiger charge is 2.20. The molecule has 0 spiro atoms. The van der Waals surface area contributed by atoms with Crippen molar-refractivity contribution >= 4 is 17.2 Å². The van der Waals surface area contributed by atoms with Crippen molar-refractivity contribution in [2.75, 3.05) is 13.1 Å². The van der Waals surface area contributed by atoms with Crippen molar-refractivity contribution < 1.29 is 9.90 Å². The fourth-order valence-corrected chi connectivity index (χ4v) is 3.52. The van der Waals surface area contributed by atoms with E-state index in [4.69, 9.17) is 0 Å². The van der Waals surface area contributed by atoms with Crippen LogP contribution in [0.4, 0.5) is 0 Å². The van der Waals surface area contributed by atoms with Crippen LogP contribution in [0.3, 0.4) is 0 Å². The summed E-state index contributed by atoms with van der Waals surface area (Å²) in [5.41, 5.74) is 1.92. The van der Waals surface area contributed by atoms with Gasteiger partial charge in [0.15, 0.2) is 0 Å². The number of rotatable bonds is 3. The van der Waals surface area contributed by atoms with Crippen molar-refractivity contribution in [2.45, 2.75) is 31.8 Å². The second-order valence-electron chi connectivity index (χ2n) is 5.65. The Balaban J connectivity index is 1.63. The molecule has 22 heavy (non-hydrogen) atoms. The average molecular weight is 316 g/mol. The van der Waals surface area contributed by atoms with E-state index in [1.165, 1.54) is 0 Å². The molecule has 116 valence electrons. The lowest BCUT2D eigenvalue weighted by atomic mass is 10.2. The molecule has 1 fully saturated rings. The fourth-order valence-electron chi connectivity index (χ4n) is 2.70. The topological polar surface area (TPSA) is 53.4 Å².